The highest BCUT2D eigenvalue weighted by Gasteiger charge is 2.35. The lowest BCUT2D eigenvalue weighted by molar-refractivity contribution is -0.122. The maximum atomic E-state index is 12.0. The average Bonchev–Trinajstić information content (AvgIpc) is 2.89. The van der Waals surface area contributed by atoms with Gasteiger partial charge in [-0.15, -0.1) is 0 Å². The van der Waals surface area contributed by atoms with Gasteiger partial charge in [-0.1, -0.05) is 28.1 Å². The molecule has 1 fully saturated rings. The Labute approximate surface area is 128 Å². The maximum absolute atomic E-state index is 12.0. The summed E-state index contributed by atoms with van der Waals surface area (Å²) in [6, 6.07) is 6.00. The molecule has 0 bridgehead atoms. The number of ether oxygens (including phenoxy) is 2. The van der Waals surface area contributed by atoms with Gasteiger partial charge in [-0.25, -0.2) is 0 Å². The highest BCUT2D eigenvalue weighted by molar-refractivity contribution is 9.10. The minimum atomic E-state index is -0.361. The van der Waals surface area contributed by atoms with Crippen LogP contribution in [-0.4, -0.2) is 38.4 Å². The summed E-state index contributed by atoms with van der Waals surface area (Å²) >= 11 is 3.49. The molecule has 1 unspecified atom stereocenters. The van der Waals surface area contributed by atoms with Crippen LogP contribution in [0, 0.1) is 6.92 Å². The van der Waals surface area contributed by atoms with Gasteiger partial charge in [0.1, 0.15) is 5.60 Å². The summed E-state index contributed by atoms with van der Waals surface area (Å²) in [6.45, 7) is 3.74. The van der Waals surface area contributed by atoms with Gasteiger partial charge in [0.25, 0.3) is 0 Å². The van der Waals surface area contributed by atoms with Crippen molar-refractivity contribution < 1.29 is 14.3 Å². The fourth-order valence-corrected chi connectivity index (χ4v) is 2.89. The molecule has 1 atom stereocenters. The molecule has 5 heteroatoms. The van der Waals surface area contributed by atoms with Crippen LogP contribution in [0.5, 0.6) is 0 Å². The van der Waals surface area contributed by atoms with E-state index in [1.54, 1.807) is 7.11 Å². The quantitative estimate of drug-likeness (QED) is 0.893. The van der Waals surface area contributed by atoms with Gasteiger partial charge < -0.3 is 14.8 Å². The van der Waals surface area contributed by atoms with Gasteiger partial charge in [0.15, 0.2) is 0 Å². The second kappa shape index (κ2) is 6.70. The standard InChI is InChI=1S/C15H20BrNO3/c1-11-3-4-12(13(16)7-11)8-14(18)17-9-15(19-2)5-6-20-10-15/h3-4,7H,5-6,8-10H2,1-2H3,(H,17,18). The Balaban J connectivity index is 1.89. The van der Waals surface area contributed by atoms with Crippen LogP contribution in [0.3, 0.4) is 0 Å². The number of rotatable bonds is 5. The molecule has 110 valence electrons. The summed E-state index contributed by atoms with van der Waals surface area (Å²) in [5.74, 6) is -0.00196. The minimum Gasteiger partial charge on any atom is -0.378 e. The van der Waals surface area contributed by atoms with Crippen LogP contribution < -0.4 is 5.32 Å². The molecule has 0 aromatic heterocycles. The molecule has 1 N–H and O–H groups in total. The Bertz CT molecular complexity index is 484. The van der Waals surface area contributed by atoms with E-state index in [2.05, 4.69) is 21.2 Å². The van der Waals surface area contributed by atoms with E-state index in [1.165, 1.54) is 5.56 Å². The zero-order valence-electron chi connectivity index (χ0n) is 11.9. The normalized spacial score (nSPS) is 21.9. The second-order valence-corrected chi connectivity index (χ2v) is 6.09. The molecule has 0 spiro atoms. The number of aryl methyl sites for hydroxylation is 1. The number of benzene rings is 1. The average molecular weight is 342 g/mol. The SMILES string of the molecule is COC1(CNC(=O)Cc2ccc(C)cc2Br)CCOC1. The smallest absolute Gasteiger partial charge is 0.224 e. The summed E-state index contributed by atoms with van der Waals surface area (Å²) in [7, 11) is 1.66. The molecule has 0 saturated carbocycles. The lowest BCUT2D eigenvalue weighted by Gasteiger charge is -2.25. The molecular weight excluding hydrogens is 322 g/mol. The molecule has 0 radical (unpaired) electrons. The molecule has 2 rings (SSSR count). The van der Waals surface area contributed by atoms with Gasteiger partial charge in [0, 0.05) is 31.2 Å². The summed E-state index contributed by atoms with van der Waals surface area (Å²) in [5.41, 5.74) is 1.80. The summed E-state index contributed by atoms with van der Waals surface area (Å²) in [5, 5.41) is 2.94. The molecule has 4 nitrogen and oxygen atoms in total. The summed E-state index contributed by atoms with van der Waals surface area (Å²) in [6.07, 6.45) is 1.18. The molecular formula is C15H20BrNO3. The molecule has 1 aliphatic rings. The van der Waals surface area contributed by atoms with Gasteiger partial charge in [-0.05, 0) is 24.1 Å². The van der Waals surface area contributed by atoms with Gasteiger partial charge in [-0.3, -0.25) is 4.79 Å². The largest absolute Gasteiger partial charge is 0.378 e. The zero-order valence-corrected chi connectivity index (χ0v) is 13.5. The zero-order chi connectivity index (χ0) is 14.6. The van der Waals surface area contributed by atoms with E-state index >= 15 is 0 Å². The Hall–Kier alpha value is -0.910. The monoisotopic (exact) mass is 341 g/mol. The Morgan fingerprint density at radius 1 is 1.55 bits per heavy atom. The van der Waals surface area contributed by atoms with E-state index in [-0.39, 0.29) is 11.5 Å². The van der Waals surface area contributed by atoms with Crippen LogP contribution in [0.25, 0.3) is 0 Å². The van der Waals surface area contributed by atoms with Crippen LogP contribution in [0.4, 0.5) is 0 Å². The van der Waals surface area contributed by atoms with Crippen molar-refractivity contribution in [1.82, 2.24) is 5.32 Å². The number of nitrogens with one attached hydrogen (secondary N) is 1. The van der Waals surface area contributed by atoms with Crippen LogP contribution in [-0.2, 0) is 20.7 Å². The number of amides is 1. The van der Waals surface area contributed by atoms with E-state index in [9.17, 15) is 4.79 Å². The maximum Gasteiger partial charge on any atom is 0.224 e. The molecule has 20 heavy (non-hydrogen) atoms. The number of hydrogen-bond donors (Lipinski definition) is 1. The van der Waals surface area contributed by atoms with Crippen molar-refractivity contribution in [2.75, 3.05) is 26.9 Å². The van der Waals surface area contributed by atoms with Crippen molar-refractivity contribution in [3.8, 4) is 0 Å². The van der Waals surface area contributed by atoms with Crippen molar-refractivity contribution in [2.24, 2.45) is 0 Å². The van der Waals surface area contributed by atoms with E-state index < -0.39 is 0 Å². The predicted molar refractivity (Wildman–Crippen MR) is 80.8 cm³/mol. The van der Waals surface area contributed by atoms with Crippen molar-refractivity contribution in [3.05, 3.63) is 33.8 Å². The minimum absolute atomic E-state index is 0.00196. The van der Waals surface area contributed by atoms with Gasteiger partial charge in [0.2, 0.25) is 5.91 Å². The molecule has 1 aromatic rings. The van der Waals surface area contributed by atoms with Gasteiger partial charge in [-0.2, -0.15) is 0 Å². The van der Waals surface area contributed by atoms with E-state index in [0.29, 0.717) is 26.2 Å². The third-order valence-corrected chi connectivity index (χ3v) is 4.41. The van der Waals surface area contributed by atoms with Gasteiger partial charge >= 0.3 is 0 Å². The van der Waals surface area contributed by atoms with Crippen LogP contribution in [0.15, 0.2) is 22.7 Å². The molecule has 1 saturated heterocycles. The van der Waals surface area contributed by atoms with E-state index in [4.69, 9.17) is 9.47 Å². The van der Waals surface area contributed by atoms with Crippen molar-refractivity contribution in [3.63, 3.8) is 0 Å². The van der Waals surface area contributed by atoms with Crippen LogP contribution >= 0.6 is 15.9 Å². The van der Waals surface area contributed by atoms with Crippen molar-refractivity contribution in [1.29, 1.82) is 0 Å². The first kappa shape index (κ1) is 15.5. The predicted octanol–water partition coefficient (Wildman–Crippen LogP) is 2.22. The first-order valence-corrected chi connectivity index (χ1v) is 7.49. The van der Waals surface area contributed by atoms with Crippen LogP contribution in [0.1, 0.15) is 17.5 Å². The molecule has 0 aliphatic carbocycles. The molecule has 1 aliphatic heterocycles. The van der Waals surface area contributed by atoms with Gasteiger partial charge in [0.05, 0.1) is 13.0 Å². The molecule has 1 amide bonds. The first-order chi connectivity index (χ1) is 9.54. The summed E-state index contributed by atoms with van der Waals surface area (Å²) in [4.78, 5) is 12.0. The summed E-state index contributed by atoms with van der Waals surface area (Å²) < 4.78 is 11.8. The molecule has 1 heterocycles. The van der Waals surface area contributed by atoms with Crippen molar-refractivity contribution in [2.45, 2.75) is 25.4 Å². The highest BCUT2D eigenvalue weighted by atomic mass is 79.9. The number of carbonyl (C=O) groups is 1. The third-order valence-electron chi connectivity index (χ3n) is 3.67. The second-order valence-electron chi connectivity index (χ2n) is 5.24. The van der Waals surface area contributed by atoms with E-state index in [1.807, 2.05) is 25.1 Å². The molecule has 1 aromatic carbocycles. The number of carbonyl (C=O) groups excluding carboxylic acids is 1. The topological polar surface area (TPSA) is 47.6 Å². The Morgan fingerprint density at radius 3 is 2.95 bits per heavy atom. The Kier molecular flexibility index (Phi) is 5.18. The van der Waals surface area contributed by atoms with Crippen LogP contribution in [0.2, 0.25) is 0 Å². The number of halogens is 1. The van der Waals surface area contributed by atoms with Crippen molar-refractivity contribution >= 4 is 21.8 Å². The first-order valence-electron chi connectivity index (χ1n) is 6.69. The number of hydrogen-bond acceptors (Lipinski definition) is 3. The fraction of sp³-hybridized carbons (Fsp3) is 0.533. The lowest BCUT2D eigenvalue weighted by Crippen LogP contribution is -2.45. The fourth-order valence-electron chi connectivity index (χ4n) is 2.25. The van der Waals surface area contributed by atoms with E-state index in [0.717, 1.165) is 16.5 Å². The third kappa shape index (κ3) is 3.81. The lowest BCUT2D eigenvalue weighted by atomic mass is 10.0. The Morgan fingerprint density at radius 2 is 2.35 bits per heavy atom. The number of methoxy groups -OCH3 is 1. The highest BCUT2D eigenvalue weighted by Crippen LogP contribution is 2.22.